The second-order valence-electron chi connectivity index (χ2n) is 7.30. The molecule has 7 heteroatoms. The smallest absolute Gasteiger partial charge is 0.315 e. The number of urea groups is 1. The highest BCUT2D eigenvalue weighted by Gasteiger charge is 2.27. The van der Waals surface area contributed by atoms with E-state index >= 15 is 0 Å². The van der Waals surface area contributed by atoms with Crippen molar-refractivity contribution in [2.24, 2.45) is 0 Å². The van der Waals surface area contributed by atoms with Crippen molar-refractivity contribution in [1.82, 2.24) is 20.4 Å². The Kier molecular flexibility index (Phi) is 6.57. The van der Waals surface area contributed by atoms with Crippen LogP contribution in [0.15, 0.2) is 24.3 Å². The van der Waals surface area contributed by atoms with Crippen LogP contribution < -0.4 is 20.1 Å². The zero-order valence-corrected chi connectivity index (χ0v) is 15.7. The highest BCUT2D eigenvalue weighted by atomic mass is 16.6. The van der Waals surface area contributed by atoms with Crippen molar-refractivity contribution < 1.29 is 14.3 Å². The van der Waals surface area contributed by atoms with Gasteiger partial charge in [0.05, 0.1) is 0 Å². The van der Waals surface area contributed by atoms with Crippen molar-refractivity contribution in [3.63, 3.8) is 0 Å². The Morgan fingerprint density at radius 3 is 2.92 bits per heavy atom. The summed E-state index contributed by atoms with van der Waals surface area (Å²) in [5.74, 6) is 1.63. The number of fused-ring (bicyclic) bond motifs is 1. The molecule has 2 unspecified atom stereocenters. The number of carbonyl (C=O) groups is 1. The lowest BCUT2D eigenvalue weighted by molar-refractivity contribution is 0.0493. The molecule has 2 atom stereocenters. The van der Waals surface area contributed by atoms with Gasteiger partial charge in [0.15, 0.2) is 11.5 Å². The first-order valence-corrected chi connectivity index (χ1v) is 9.40. The summed E-state index contributed by atoms with van der Waals surface area (Å²) in [5, 5.41) is 6.01. The summed E-state index contributed by atoms with van der Waals surface area (Å²) in [6.45, 7) is 4.75. The number of likely N-dealkylation sites (tertiary alicyclic amines) is 1. The molecule has 0 radical (unpaired) electrons. The van der Waals surface area contributed by atoms with Crippen LogP contribution in [0.25, 0.3) is 0 Å². The number of amides is 2. The van der Waals surface area contributed by atoms with Crippen LogP contribution >= 0.6 is 0 Å². The Morgan fingerprint density at radius 2 is 2.12 bits per heavy atom. The van der Waals surface area contributed by atoms with Crippen LogP contribution in [0.4, 0.5) is 4.79 Å². The minimum Gasteiger partial charge on any atom is -0.486 e. The van der Waals surface area contributed by atoms with Gasteiger partial charge in [-0.2, -0.15) is 0 Å². The molecule has 1 aromatic carbocycles. The Hall–Kier alpha value is -1.99. The molecule has 2 aliphatic rings. The zero-order valence-electron chi connectivity index (χ0n) is 15.7. The summed E-state index contributed by atoms with van der Waals surface area (Å²) in [6.07, 6.45) is 2.12. The second-order valence-corrected chi connectivity index (χ2v) is 7.30. The quantitative estimate of drug-likeness (QED) is 0.795. The fourth-order valence-electron chi connectivity index (χ4n) is 3.41. The third-order valence-corrected chi connectivity index (χ3v) is 4.71. The van der Waals surface area contributed by atoms with Gasteiger partial charge >= 0.3 is 6.03 Å². The van der Waals surface area contributed by atoms with Gasteiger partial charge in [0.2, 0.25) is 0 Å². The number of benzene rings is 1. The minimum absolute atomic E-state index is 0.0255. The van der Waals surface area contributed by atoms with E-state index in [9.17, 15) is 4.79 Å². The Morgan fingerprint density at radius 1 is 1.31 bits per heavy atom. The fraction of sp³-hybridized carbons (Fsp3) is 0.632. The van der Waals surface area contributed by atoms with Crippen LogP contribution in [0.1, 0.15) is 12.8 Å². The lowest BCUT2D eigenvalue weighted by Crippen LogP contribution is -2.53. The number of likely N-dealkylation sites (N-methyl/N-ethyl adjacent to an activating group) is 1. The van der Waals surface area contributed by atoms with Crippen molar-refractivity contribution >= 4 is 6.03 Å². The van der Waals surface area contributed by atoms with Crippen LogP contribution in [-0.4, -0.2) is 81.4 Å². The fourth-order valence-corrected chi connectivity index (χ4v) is 3.41. The van der Waals surface area contributed by atoms with E-state index in [4.69, 9.17) is 9.47 Å². The first kappa shape index (κ1) is 18.8. The monoisotopic (exact) mass is 362 g/mol. The van der Waals surface area contributed by atoms with Gasteiger partial charge in [0.25, 0.3) is 0 Å². The molecular formula is C19H30N4O3. The van der Waals surface area contributed by atoms with E-state index in [1.807, 2.05) is 43.3 Å². The van der Waals surface area contributed by atoms with E-state index in [2.05, 4.69) is 15.5 Å². The zero-order chi connectivity index (χ0) is 18.4. The summed E-state index contributed by atoms with van der Waals surface area (Å²) in [6, 6.07) is 7.89. The van der Waals surface area contributed by atoms with Crippen LogP contribution in [0.5, 0.6) is 11.5 Å². The molecule has 0 saturated carbocycles. The summed E-state index contributed by atoms with van der Waals surface area (Å²) < 4.78 is 11.9. The minimum atomic E-state index is -0.0788. The summed E-state index contributed by atoms with van der Waals surface area (Å²) in [7, 11) is 3.99. The molecule has 0 spiro atoms. The van der Waals surface area contributed by atoms with Gasteiger partial charge in [-0.1, -0.05) is 12.1 Å². The summed E-state index contributed by atoms with van der Waals surface area (Å²) >= 11 is 0. The van der Waals surface area contributed by atoms with Gasteiger partial charge in [0.1, 0.15) is 12.7 Å². The molecule has 2 heterocycles. The van der Waals surface area contributed by atoms with Crippen molar-refractivity contribution in [3.05, 3.63) is 24.3 Å². The molecule has 2 aliphatic heterocycles. The molecule has 0 bridgehead atoms. The third-order valence-electron chi connectivity index (χ3n) is 4.71. The highest BCUT2D eigenvalue weighted by Crippen LogP contribution is 2.31. The van der Waals surface area contributed by atoms with Crippen LogP contribution in [0, 0.1) is 0 Å². The predicted molar refractivity (Wildman–Crippen MR) is 101 cm³/mol. The summed E-state index contributed by atoms with van der Waals surface area (Å²) in [4.78, 5) is 16.4. The normalized spacial score (nSPS) is 22.9. The summed E-state index contributed by atoms with van der Waals surface area (Å²) in [5.41, 5.74) is 0. The maximum atomic E-state index is 12.0. The third kappa shape index (κ3) is 5.51. The molecule has 0 aliphatic carbocycles. The molecule has 1 saturated heterocycles. The molecule has 2 amide bonds. The number of hydrogen-bond donors (Lipinski definition) is 2. The van der Waals surface area contributed by atoms with Crippen LogP contribution in [0.2, 0.25) is 0 Å². The maximum Gasteiger partial charge on any atom is 0.315 e. The average molecular weight is 362 g/mol. The van der Waals surface area contributed by atoms with Gasteiger partial charge in [-0.25, -0.2) is 4.79 Å². The Balaban J connectivity index is 1.42. The second kappa shape index (κ2) is 9.09. The number of hydrogen-bond acceptors (Lipinski definition) is 5. The first-order valence-electron chi connectivity index (χ1n) is 9.40. The van der Waals surface area contributed by atoms with Crippen LogP contribution in [0.3, 0.4) is 0 Å². The average Bonchev–Trinajstić information content (AvgIpc) is 2.61. The van der Waals surface area contributed by atoms with Crippen molar-refractivity contribution in [2.75, 3.05) is 53.4 Å². The van der Waals surface area contributed by atoms with Gasteiger partial charge in [-0.15, -0.1) is 0 Å². The van der Waals surface area contributed by atoms with Crippen molar-refractivity contribution in [1.29, 1.82) is 0 Å². The lowest BCUT2D eigenvalue weighted by atomic mass is 10.1. The molecule has 0 aromatic heterocycles. The van der Waals surface area contributed by atoms with Crippen LogP contribution in [-0.2, 0) is 0 Å². The largest absolute Gasteiger partial charge is 0.486 e. The van der Waals surface area contributed by atoms with E-state index in [0.29, 0.717) is 13.2 Å². The Bertz CT molecular complexity index is 596. The van der Waals surface area contributed by atoms with Crippen molar-refractivity contribution in [3.8, 4) is 11.5 Å². The molecule has 26 heavy (non-hydrogen) atoms. The number of nitrogens with zero attached hydrogens (tertiary/aromatic N) is 2. The number of rotatable bonds is 6. The predicted octanol–water partition coefficient (Wildman–Crippen LogP) is 1.15. The van der Waals surface area contributed by atoms with Gasteiger partial charge in [0, 0.05) is 32.2 Å². The molecule has 1 fully saturated rings. The van der Waals surface area contributed by atoms with E-state index in [0.717, 1.165) is 50.5 Å². The van der Waals surface area contributed by atoms with E-state index < -0.39 is 0 Å². The van der Waals surface area contributed by atoms with Crippen molar-refractivity contribution in [2.45, 2.75) is 25.0 Å². The van der Waals surface area contributed by atoms with Gasteiger partial charge in [-0.05, 0) is 45.6 Å². The molecule has 3 rings (SSSR count). The van der Waals surface area contributed by atoms with Gasteiger partial charge < -0.3 is 25.0 Å². The topological polar surface area (TPSA) is 66.1 Å². The number of para-hydroxylation sites is 2. The number of nitrogens with one attached hydrogen (secondary N) is 2. The molecular weight excluding hydrogens is 332 g/mol. The number of piperidine rings is 1. The standard InChI is InChI=1S/C19H30N4O3/c1-22(2)11-9-20-19(24)21-15-6-5-10-23(12-15)13-16-14-25-17-7-3-4-8-18(17)26-16/h3-4,7-8,15-16H,5-6,9-14H2,1-2H3,(H2,20,21,24). The number of carbonyl (C=O) groups excluding carboxylic acids is 1. The molecule has 2 N–H and O–H groups in total. The van der Waals surface area contributed by atoms with E-state index in [1.54, 1.807) is 0 Å². The van der Waals surface area contributed by atoms with E-state index in [-0.39, 0.29) is 18.2 Å². The first-order chi connectivity index (χ1) is 12.6. The van der Waals surface area contributed by atoms with Gasteiger partial charge in [-0.3, -0.25) is 4.90 Å². The molecule has 144 valence electrons. The molecule has 7 nitrogen and oxygen atoms in total. The van der Waals surface area contributed by atoms with E-state index in [1.165, 1.54) is 0 Å². The highest BCUT2D eigenvalue weighted by molar-refractivity contribution is 5.74. The Labute approximate surface area is 155 Å². The molecule has 1 aromatic rings. The number of ether oxygens (including phenoxy) is 2. The SMILES string of the molecule is CN(C)CCNC(=O)NC1CCCN(CC2COc3ccccc3O2)C1. The maximum absolute atomic E-state index is 12.0. The lowest BCUT2D eigenvalue weighted by Gasteiger charge is -2.36.